The van der Waals surface area contributed by atoms with Gasteiger partial charge in [-0.15, -0.1) is 0 Å². The average molecular weight is 349 g/mol. The number of pyridine rings is 1. The fourth-order valence-corrected chi connectivity index (χ4v) is 3.36. The van der Waals surface area contributed by atoms with Crippen molar-refractivity contribution in [2.45, 2.75) is 19.3 Å². The fourth-order valence-electron chi connectivity index (χ4n) is 3.36. The van der Waals surface area contributed by atoms with Crippen LogP contribution in [-0.2, 0) is 12.8 Å². The van der Waals surface area contributed by atoms with Gasteiger partial charge in [-0.05, 0) is 43.0 Å². The monoisotopic (exact) mass is 349 g/mol. The van der Waals surface area contributed by atoms with Crippen molar-refractivity contribution in [3.63, 3.8) is 0 Å². The van der Waals surface area contributed by atoms with Crippen molar-refractivity contribution < 1.29 is 14.0 Å². The van der Waals surface area contributed by atoms with Crippen LogP contribution in [0.1, 0.15) is 38.4 Å². The second kappa shape index (κ2) is 6.55. The van der Waals surface area contributed by atoms with E-state index in [2.05, 4.69) is 15.8 Å². The fraction of sp³-hybridized carbons (Fsp3) is 0.150. The largest absolute Gasteiger partial charge is 0.272 e. The molecule has 5 nitrogen and oxygen atoms in total. The zero-order valence-electron chi connectivity index (χ0n) is 13.9. The van der Waals surface area contributed by atoms with E-state index in [4.69, 9.17) is 0 Å². The molecule has 0 saturated heterocycles. The molecular weight excluding hydrogens is 333 g/mol. The van der Waals surface area contributed by atoms with Crippen LogP contribution in [0.5, 0.6) is 0 Å². The summed E-state index contributed by atoms with van der Waals surface area (Å²) in [5.74, 6) is -1.77. The number of carbonyl (C=O) groups excluding carboxylic acids is 2. The lowest BCUT2D eigenvalue weighted by atomic mass is 10.0. The zero-order valence-corrected chi connectivity index (χ0v) is 13.9. The molecule has 2 amide bonds. The van der Waals surface area contributed by atoms with Crippen LogP contribution in [0.25, 0.3) is 10.9 Å². The molecule has 130 valence electrons. The Morgan fingerprint density at radius 3 is 2.50 bits per heavy atom. The highest BCUT2D eigenvalue weighted by Crippen LogP contribution is 2.29. The van der Waals surface area contributed by atoms with E-state index in [1.165, 1.54) is 18.2 Å². The first-order valence-corrected chi connectivity index (χ1v) is 8.41. The average Bonchev–Trinajstić information content (AvgIpc) is 3.12. The van der Waals surface area contributed by atoms with Gasteiger partial charge < -0.3 is 0 Å². The number of halogens is 1. The second-order valence-electron chi connectivity index (χ2n) is 6.17. The molecule has 0 fully saturated rings. The van der Waals surface area contributed by atoms with Crippen molar-refractivity contribution in [3.8, 4) is 0 Å². The van der Waals surface area contributed by atoms with Gasteiger partial charge in [0.05, 0.1) is 16.6 Å². The number of hydrogen-bond donors (Lipinski definition) is 2. The first-order valence-electron chi connectivity index (χ1n) is 8.41. The number of para-hydroxylation sites is 1. The van der Waals surface area contributed by atoms with E-state index >= 15 is 0 Å². The van der Waals surface area contributed by atoms with Gasteiger partial charge in [0.1, 0.15) is 5.82 Å². The summed E-state index contributed by atoms with van der Waals surface area (Å²) >= 11 is 0. The van der Waals surface area contributed by atoms with Crippen molar-refractivity contribution in [1.29, 1.82) is 0 Å². The number of nitrogens with zero attached hydrogens (tertiary/aromatic N) is 1. The molecular formula is C20H16FN3O2. The molecule has 1 heterocycles. The summed E-state index contributed by atoms with van der Waals surface area (Å²) in [7, 11) is 0. The molecule has 0 bridgehead atoms. The Hall–Kier alpha value is -3.28. The van der Waals surface area contributed by atoms with Crippen LogP contribution in [-0.4, -0.2) is 16.8 Å². The van der Waals surface area contributed by atoms with Gasteiger partial charge in [0.15, 0.2) is 0 Å². The summed E-state index contributed by atoms with van der Waals surface area (Å²) in [5, 5.41) is 0.741. The predicted octanol–water partition coefficient (Wildman–Crippen LogP) is 2.94. The van der Waals surface area contributed by atoms with Crippen molar-refractivity contribution in [2.75, 3.05) is 0 Å². The minimum Gasteiger partial charge on any atom is -0.267 e. The Bertz CT molecular complexity index is 1030. The summed E-state index contributed by atoms with van der Waals surface area (Å²) in [6.07, 6.45) is 2.56. The third-order valence-electron chi connectivity index (χ3n) is 4.55. The lowest BCUT2D eigenvalue weighted by Gasteiger charge is -2.13. The molecule has 1 aromatic heterocycles. The summed E-state index contributed by atoms with van der Waals surface area (Å²) in [6, 6.07) is 13.0. The maximum atomic E-state index is 13.7. The zero-order chi connectivity index (χ0) is 18.1. The topological polar surface area (TPSA) is 71.1 Å². The molecule has 1 aliphatic rings. The maximum Gasteiger partial charge on any atom is 0.272 e. The Labute approximate surface area is 149 Å². The first kappa shape index (κ1) is 16.2. The maximum absolute atomic E-state index is 13.7. The molecule has 26 heavy (non-hydrogen) atoms. The van der Waals surface area contributed by atoms with Crippen LogP contribution in [0.15, 0.2) is 48.5 Å². The molecule has 0 atom stereocenters. The summed E-state index contributed by atoms with van der Waals surface area (Å²) in [6.45, 7) is 0. The van der Waals surface area contributed by atoms with E-state index in [0.717, 1.165) is 41.4 Å². The summed E-state index contributed by atoms with van der Waals surface area (Å²) in [4.78, 5) is 29.5. The number of rotatable bonds is 2. The van der Waals surface area contributed by atoms with E-state index in [0.29, 0.717) is 5.56 Å². The quantitative estimate of drug-likeness (QED) is 0.699. The SMILES string of the molecule is O=C(NNC(=O)c1c2c(nc3ccccc13)CCC2)c1ccccc1F. The van der Waals surface area contributed by atoms with E-state index < -0.39 is 17.6 Å². The van der Waals surface area contributed by atoms with Gasteiger partial charge in [-0.1, -0.05) is 30.3 Å². The van der Waals surface area contributed by atoms with Gasteiger partial charge in [0.2, 0.25) is 0 Å². The molecule has 4 rings (SSSR count). The number of aryl methyl sites for hydroxylation is 1. The Morgan fingerprint density at radius 2 is 1.65 bits per heavy atom. The lowest BCUT2D eigenvalue weighted by molar-refractivity contribution is 0.0844. The molecule has 0 aliphatic heterocycles. The minimum atomic E-state index is -0.702. The van der Waals surface area contributed by atoms with Gasteiger partial charge in [-0.3, -0.25) is 25.4 Å². The molecule has 2 aromatic carbocycles. The van der Waals surface area contributed by atoms with Crippen LogP contribution < -0.4 is 10.9 Å². The van der Waals surface area contributed by atoms with Gasteiger partial charge in [-0.25, -0.2) is 4.39 Å². The molecule has 0 unspecified atom stereocenters. The van der Waals surface area contributed by atoms with E-state index in [-0.39, 0.29) is 5.56 Å². The van der Waals surface area contributed by atoms with Crippen molar-refractivity contribution in [2.24, 2.45) is 0 Å². The van der Waals surface area contributed by atoms with Crippen LogP contribution >= 0.6 is 0 Å². The third kappa shape index (κ3) is 2.79. The van der Waals surface area contributed by atoms with E-state index in [1.54, 1.807) is 6.07 Å². The van der Waals surface area contributed by atoms with Gasteiger partial charge in [0.25, 0.3) is 11.8 Å². The summed E-state index contributed by atoms with van der Waals surface area (Å²) < 4.78 is 13.7. The summed E-state index contributed by atoms with van der Waals surface area (Å²) in [5.41, 5.74) is 7.70. The number of benzene rings is 2. The highest BCUT2D eigenvalue weighted by molar-refractivity contribution is 6.08. The highest BCUT2D eigenvalue weighted by atomic mass is 19.1. The molecule has 0 radical (unpaired) electrons. The predicted molar refractivity (Wildman–Crippen MR) is 95.1 cm³/mol. The second-order valence-corrected chi connectivity index (χ2v) is 6.17. The number of nitrogens with one attached hydrogen (secondary N) is 2. The molecule has 0 saturated carbocycles. The standard InChI is InChI=1S/C20H16FN3O2/c21-15-9-3-1-6-12(15)19(25)23-24-20(26)18-13-7-2-4-10-16(13)22-17-11-5-8-14(17)18/h1-4,6-7,9-10H,5,8,11H2,(H,23,25)(H,24,26). The number of hydrazine groups is 1. The van der Waals surface area contributed by atoms with Crippen molar-refractivity contribution in [1.82, 2.24) is 15.8 Å². The Balaban J connectivity index is 1.63. The third-order valence-corrected chi connectivity index (χ3v) is 4.55. The normalized spacial score (nSPS) is 12.7. The van der Waals surface area contributed by atoms with Crippen molar-refractivity contribution >= 4 is 22.7 Å². The van der Waals surface area contributed by atoms with Crippen LogP contribution in [0.3, 0.4) is 0 Å². The van der Waals surface area contributed by atoms with Crippen LogP contribution in [0, 0.1) is 5.82 Å². The molecule has 0 spiro atoms. The molecule has 3 aromatic rings. The molecule has 2 N–H and O–H groups in total. The smallest absolute Gasteiger partial charge is 0.267 e. The van der Waals surface area contributed by atoms with Crippen LogP contribution in [0.4, 0.5) is 4.39 Å². The molecule has 6 heteroatoms. The minimum absolute atomic E-state index is 0.127. The Morgan fingerprint density at radius 1 is 0.923 bits per heavy atom. The highest BCUT2D eigenvalue weighted by Gasteiger charge is 2.24. The van der Waals surface area contributed by atoms with Crippen molar-refractivity contribution in [3.05, 3.63) is 76.7 Å². The van der Waals surface area contributed by atoms with E-state index in [9.17, 15) is 14.0 Å². The van der Waals surface area contributed by atoms with Gasteiger partial charge in [-0.2, -0.15) is 0 Å². The van der Waals surface area contributed by atoms with E-state index in [1.807, 2.05) is 24.3 Å². The van der Waals surface area contributed by atoms with Crippen LogP contribution in [0.2, 0.25) is 0 Å². The number of aromatic nitrogens is 1. The molecule has 1 aliphatic carbocycles. The number of fused-ring (bicyclic) bond motifs is 2. The lowest BCUT2D eigenvalue weighted by Crippen LogP contribution is -2.42. The van der Waals surface area contributed by atoms with Gasteiger partial charge >= 0.3 is 0 Å². The first-order chi connectivity index (χ1) is 12.6. The Kier molecular flexibility index (Phi) is 4.08. The number of hydrogen-bond acceptors (Lipinski definition) is 3. The van der Waals surface area contributed by atoms with Gasteiger partial charge in [0, 0.05) is 11.1 Å². The number of amides is 2. The number of carbonyl (C=O) groups is 2.